The van der Waals surface area contributed by atoms with E-state index in [0.717, 1.165) is 34.4 Å². The van der Waals surface area contributed by atoms with Crippen molar-refractivity contribution in [3.63, 3.8) is 0 Å². The molecule has 3 nitrogen and oxygen atoms in total. The average Bonchev–Trinajstić information content (AvgIpc) is 2.48. The molecule has 1 aliphatic rings. The fraction of sp³-hybridized carbons (Fsp3) is 0.278. The van der Waals surface area contributed by atoms with E-state index in [0.29, 0.717) is 6.54 Å². The summed E-state index contributed by atoms with van der Waals surface area (Å²) in [4.78, 5) is 14.8. The number of anilines is 1. The van der Waals surface area contributed by atoms with E-state index < -0.39 is 0 Å². The molecule has 0 aliphatic carbocycles. The summed E-state index contributed by atoms with van der Waals surface area (Å²) in [5.41, 5.74) is 11.1. The minimum atomic E-state index is -0.00559. The van der Waals surface area contributed by atoms with Gasteiger partial charge in [0.25, 0.3) is 5.91 Å². The number of rotatable bonds is 1. The van der Waals surface area contributed by atoms with Crippen molar-refractivity contribution in [2.24, 2.45) is 5.73 Å². The average molecular weight is 280 g/mol. The number of aryl methyl sites for hydroxylation is 2. The number of para-hydroxylation sites is 1. The fourth-order valence-electron chi connectivity index (χ4n) is 2.93. The zero-order valence-electron chi connectivity index (χ0n) is 12.5. The van der Waals surface area contributed by atoms with Crippen molar-refractivity contribution in [2.45, 2.75) is 26.3 Å². The molecule has 2 N–H and O–H groups in total. The van der Waals surface area contributed by atoms with Crippen LogP contribution >= 0.6 is 0 Å². The Morgan fingerprint density at radius 3 is 2.76 bits per heavy atom. The molecule has 1 atom stereocenters. The summed E-state index contributed by atoms with van der Waals surface area (Å²) in [6, 6.07) is 14.0. The minimum absolute atomic E-state index is 0.00559. The summed E-state index contributed by atoms with van der Waals surface area (Å²) >= 11 is 0. The van der Waals surface area contributed by atoms with E-state index in [-0.39, 0.29) is 11.9 Å². The Bertz CT molecular complexity index is 693. The van der Waals surface area contributed by atoms with Gasteiger partial charge in [-0.25, -0.2) is 0 Å². The summed E-state index contributed by atoms with van der Waals surface area (Å²) in [5, 5.41) is 0. The number of fused-ring (bicyclic) bond motifs is 1. The highest BCUT2D eigenvalue weighted by Crippen LogP contribution is 2.28. The third-order valence-electron chi connectivity index (χ3n) is 4.05. The largest absolute Gasteiger partial charge is 0.326 e. The van der Waals surface area contributed by atoms with Crippen LogP contribution in [0.5, 0.6) is 0 Å². The van der Waals surface area contributed by atoms with Crippen LogP contribution in [-0.2, 0) is 6.42 Å². The quantitative estimate of drug-likeness (QED) is 0.873. The SMILES string of the molecule is Cc1ccc(C)c(C(=O)N2CC(N)Cc3ccccc32)c1. The van der Waals surface area contributed by atoms with E-state index in [2.05, 4.69) is 6.07 Å². The smallest absolute Gasteiger partial charge is 0.258 e. The van der Waals surface area contributed by atoms with Crippen LogP contribution in [0.1, 0.15) is 27.0 Å². The molecule has 0 bridgehead atoms. The van der Waals surface area contributed by atoms with E-state index >= 15 is 0 Å². The van der Waals surface area contributed by atoms with Gasteiger partial charge in [-0.3, -0.25) is 4.79 Å². The molecule has 0 spiro atoms. The Kier molecular flexibility index (Phi) is 3.52. The van der Waals surface area contributed by atoms with Gasteiger partial charge in [0.2, 0.25) is 0 Å². The Balaban J connectivity index is 2.04. The highest BCUT2D eigenvalue weighted by atomic mass is 16.2. The van der Waals surface area contributed by atoms with Crippen molar-refractivity contribution in [3.05, 3.63) is 64.7 Å². The second kappa shape index (κ2) is 5.34. The second-order valence-corrected chi connectivity index (χ2v) is 5.83. The van der Waals surface area contributed by atoms with Crippen LogP contribution in [0.15, 0.2) is 42.5 Å². The molecule has 2 aromatic carbocycles. The van der Waals surface area contributed by atoms with Gasteiger partial charge in [-0.2, -0.15) is 0 Å². The van der Waals surface area contributed by atoms with Crippen LogP contribution < -0.4 is 10.6 Å². The summed E-state index contributed by atoms with van der Waals surface area (Å²) in [6.07, 6.45) is 0.826. The summed E-state index contributed by atoms with van der Waals surface area (Å²) in [5.74, 6) is 0.0406. The van der Waals surface area contributed by atoms with Crippen molar-refractivity contribution < 1.29 is 4.79 Å². The summed E-state index contributed by atoms with van der Waals surface area (Å²) in [6.45, 7) is 4.55. The second-order valence-electron chi connectivity index (χ2n) is 5.83. The Labute approximate surface area is 125 Å². The molecular formula is C18H20N2O. The Morgan fingerprint density at radius 1 is 1.19 bits per heavy atom. The lowest BCUT2D eigenvalue weighted by atomic mass is 9.96. The Morgan fingerprint density at radius 2 is 1.95 bits per heavy atom. The first-order valence-electron chi connectivity index (χ1n) is 7.29. The molecule has 1 amide bonds. The molecule has 0 saturated heterocycles. The molecule has 2 aromatic rings. The van der Waals surface area contributed by atoms with E-state index in [1.165, 1.54) is 0 Å². The lowest BCUT2D eigenvalue weighted by Crippen LogP contribution is -2.46. The molecule has 3 heteroatoms. The summed E-state index contributed by atoms with van der Waals surface area (Å²) in [7, 11) is 0. The normalized spacial score (nSPS) is 17.5. The first-order valence-corrected chi connectivity index (χ1v) is 7.29. The van der Waals surface area contributed by atoms with Crippen LogP contribution in [0, 0.1) is 13.8 Å². The number of hydrogen-bond acceptors (Lipinski definition) is 2. The number of amides is 1. The molecule has 0 radical (unpaired) electrons. The zero-order chi connectivity index (χ0) is 15.0. The molecule has 1 unspecified atom stereocenters. The van der Waals surface area contributed by atoms with Crippen LogP contribution in [0.3, 0.4) is 0 Å². The van der Waals surface area contributed by atoms with Crippen LogP contribution in [0.4, 0.5) is 5.69 Å². The van der Waals surface area contributed by atoms with Crippen LogP contribution in [0.25, 0.3) is 0 Å². The minimum Gasteiger partial charge on any atom is -0.326 e. The van der Waals surface area contributed by atoms with Crippen molar-refractivity contribution in [1.82, 2.24) is 0 Å². The topological polar surface area (TPSA) is 46.3 Å². The van der Waals surface area contributed by atoms with Crippen LogP contribution in [0.2, 0.25) is 0 Å². The monoisotopic (exact) mass is 280 g/mol. The zero-order valence-corrected chi connectivity index (χ0v) is 12.5. The van der Waals surface area contributed by atoms with Crippen molar-refractivity contribution >= 4 is 11.6 Å². The highest BCUT2D eigenvalue weighted by Gasteiger charge is 2.27. The van der Waals surface area contributed by atoms with Gasteiger partial charge in [0, 0.05) is 23.8 Å². The molecule has 3 rings (SSSR count). The summed E-state index contributed by atoms with van der Waals surface area (Å²) < 4.78 is 0. The predicted molar refractivity (Wildman–Crippen MR) is 85.7 cm³/mol. The number of nitrogens with zero attached hydrogens (tertiary/aromatic N) is 1. The maximum Gasteiger partial charge on any atom is 0.258 e. The van der Waals surface area contributed by atoms with Gasteiger partial charge in [-0.05, 0) is 43.5 Å². The van der Waals surface area contributed by atoms with Gasteiger partial charge in [-0.15, -0.1) is 0 Å². The standard InChI is InChI=1S/C18H20N2O/c1-12-7-8-13(2)16(9-12)18(21)20-11-15(19)10-14-5-3-4-6-17(14)20/h3-9,15H,10-11,19H2,1-2H3. The third kappa shape index (κ3) is 2.57. The molecule has 0 aromatic heterocycles. The third-order valence-corrected chi connectivity index (χ3v) is 4.05. The van der Waals surface area contributed by atoms with Crippen molar-refractivity contribution in [3.8, 4) is 0 Å². The van der Waals surface area contributed by atoms with Crippen LogP contribution in [-0.4, -0.2) is 18.5 Å². The molecule has 0 fully saturated rings. The van der Waals surface area contributed by atoms with E-state index in [9.17, 15) is 4.79 Å². The van der Waals surface area contributed by atoms with Gasteiger partial charge < -0.3 is 10.6 Å². The maximum atomic E-state index is 13.0. The number of carbonyl (C=O) groups is 1. The van der Waals surface area contributed by atoms with Gasteiger partial charge in [0.05, 0.1) is 0 Å². The molecular weight excluding hydrogens is 260 g/mol. The molecule has 0 saturated carbocycles. The Hall–Kier alpha value is -2.13. The molecule has 108 valence electrons. The molecule has 1 heterocycles. The lowest BCUT2D eigenvalue weighted by molar-refractivity contribution is 0.0982. The molecule has 1 aliphatic heterocycles. The lowest BCUT2D eigenvalue weighted by Gasteiger charge is -2.33. The van der Waals surface area contributed by atoms with Crippen molar-refractivity contribution in [2.75, 3.05) is 11.4 Å². The maximum absolute atomic E-state index is 13.0. The van der Waals surface area contributed by atoms with Gasteiger partial charge in [0.1, 0.15) is 0 Å². The van der Waals surface area contributed by atoms with Gasteiger partial charge in [0.15, 0.2) is 0 Å². The van der Waals surface area contributed by atoms with E-state index in [4.69, 9.17) is 5.73 Å². The first kappa shape index (κ1) is 13.8. The van der Waals surface area contributed by atoms with Crippen molar-refractivity contribution in [1.29, 1.82) is 0 Å². The highest BCUT2D eigenvalue weighted by molar-refractivity contribution is 6.07. The number of benzene rings is 2. The molecule has 21 heavy (non-hydrogen) atoms. The number of hydrogen-bond donors (Lipinski definition) is 1. The van der Waals surface area contributed by atoms with Gasteiger partial charge in [-0.1, -0.05) is 35.9 Å². The number of carbonyl (C=O) groups excluding carboxylic acids is 1. The fourth-order valence-corrected chi connectivity index (χ4v) is 2.93. The van der Waals surface area contributed by atoms with Gasteiger partial charge >= 0.3 is 0 Å². The first-order chi connectivity index (χ1) is 10.1. The van der Waals surface area contributed by atoms with E-state index in [1.54, 1.807) is 0 Å². The number of nitrogens with two attached hydrogens (primary N) is 1. The van der Waals surface area contributed by atoms with E-state index in [1.807, 2.05) is 55.1 Å². The predicted octanol–water partition coefficient (Wildman–Crippen LogP) is 2.83.